The minimum atomic E-state index is 0.641. The lowest BCUT2D eigenvalue weighted by Crippen LogP contribution is -2.29. The molecule has 0 bridgehead atoms. The largest absolute Gasteiger partial charge is 0.302 e. The zero-order valence-electron chi connectivity index (χ0n) is 10.3. The molecule has 0 saturated carbocycles. The molecule has 2 heteroatoms. The predicted molar refractivity (Wildman–Crippen MR) is 76.5 cm³/mol. The van der Waals surface area contributed by atoms with Crippen molar-refractivity contribution in [2.24, 2.45) is 5.92 Å². The van der Waals surface area contributed by atoms with E-state index in [1.807, 2.05) is 11.3 Å². The lowest BCUT2D eigenvalue weighted by atomic mass is 9.95. The average Bonchev–Trinajstić information content (AvgIpc) is 2.72. The second-order valence-corrected chi connectivity index (χ2v) is 6.01. The summed E-state index contributed by atoms with van der Waals surface area (Å²) in [5, 5.41) is 1.37. The Morgan fingerprint density at radius 3 is 2.88 bits per heavy atom. The van der Waals surface area contributed by atoms with Crippen LogP contribution in [0.5, 0.6) is 0 Å². The Morgan fingerprint density at radius 1 is 1.29 bits per heavy atom. The van der Waals surface area contributed by atoms with Gasteiger partial charge in [0.15, 0.2) is 0 Å². The summed E-state index contributed by atoms with van der Waals surface area (Å²) < 4.78 is 1.40. The number of thiophene rings is 1. The lowest BCUT2D eigenvalue weighted by molar-refractivity contribution is 0.330. The average molecular weight is 243 g/mol. The fourth-order valence-electron chi connectivity index (χ4n) is 2.56. The molecule has 88 valence electrons. The van der Waals surface area contributed by atoms with Gasteiger partial charge in [-0.1, -0.05) is 31.2 Å². The van der Waals surface area contributed by atoms with Crippen LogP contribution in [0.3, 0.4) is 0 Å². The van der Waals surface area contributed by atoms with Crippen LogP contribution in [-0.4, -0.2) is 25.0 Å². The molecule has 0 N–H and O–H groups in total. The van der Waals surface area contributed by atoms with Gasteiger partial charge in [0.05, 0.1) is 0 Å². The fraction of sp³-hybridized carbons (Fsp3) is 0.333. The van der Waals surface area contributed by atoms with Gasteiger partial charge in [0.1, 0.15) is 0 Å². The second-order valence-electron chi connectivity index (χ2n) is 4.93. The van der Waals surface area contributed by atoms with Gasteiger partial charge in [-0.3, -0.25) is 0 Å². The summed E-state index contributed by atoms with van der Waals surface area (Å²) in [6.07, 6.45) is 2.39. The molecule has 0 radical (unpaired) electrons. The van der Waals surface area contributed by atoms with Crippen molar-refractivity contribution in [1.82, 2.24) is 4.90 Å². The first-order valence-electron chi connectivity index (χ1n) is 6.11. The van der Waals surface area contributed by atoms with Crippen LogP contribution in [0.1, 0.15) is 11.8 Å². The molecule has 1 atom stereocenters. The molecule has 1 aromatic heterocycles. The zero-order valence-corrected chi connectivity index (χ0v) is 11.1. The monoisotopic (exact) mass is 243 g/mol. The summed E-state index contributed by atoms with van der Waals surface area (Å²) in [5.41, 5.74) is 1.53. The highest BCUT2D eigenvalue weighted by Gasteiger charge is 2.19. The maximum absolute atomic E-state index is 2.39. The van der Waals surface area contributed by atoms with Crippen LogP contribution in [0.2, 0.25) is 0 Å². The molecule has 1 nitrogen and oxygen atoms in total. The Balaban J connectivity index is 2.03. The number of benzene rings is 1. The Morgan fingerprint density at radius 2 is 2.12 bits per heavy atom. The predicted octanol–water partition coefficient (Wildman–Crippen LogP) is 3.87. The van der Waals surface area contributed by atoms with Crippen LogP contribution in [0.4, 0.5) is 0 Å². The second kappa shape index (κ2) is 4.28. The minimum Gasteiger partial charge on any atom is -0.302 e. The highest BCUT2D eigenvalue weighted by Crippen LogP contribution is 2.35. The van der Waals surface area contributed by atoms with Crippen LogP contribution >= 0.6 is 11.3 Å². The molecular formula is C15H17NS. The van der Waals surface area contributed by atoms with Crippen LogP contribution in [-0.2, 0) is 0 Å². The van der Waals surface area contributed by atoms with Crippen molar-refractivity contribution in [3.63, 3.8) is 0 Å². The highest BCUT2D eigenvalue weighted by molar-refractivity contribution is 7.20. The summed E-state index contributed by atoms with van der Waals surface area (Å²) in [7, 11) is 2.19. The van der Waals surface area contributed by atoms with Gasteiger partial charge in [-0.15, -0.1) is 11.3 Å². The molecule has 0 aliphatic carbocycles. The summed E-state index contributed by atoms with van der Waals surface area (Å²) in [6.45, 7) is 4.57. The van der Waals surface area contributed by atoms with Crippen LogP contribution in [0.15, 0.2) is 36.4 Å². The Labute approximate surface area is 106 Å². The molecule has 1 unspecified atom stereocenters. The molecule has 0 saturated heterocycles. The molecule has 3 rings (SSSR count). The van der Waals surface area contributed by atoms with E-state index in [2.05, 4.69) is 55.3 Å². The van der Waals surface area contributed by atoms with Crippen molar-refractivity contribution < 1.29 is 0 Å². The molecule has 1 aliphatic rings. The third-order valence-electron chi connectivity index (χ3n) is 3.45. The van der Waals surface area contributed by atoms with E-state index < -0.39 is 0 Å². The molecule has 2 aromatic rings. The first-order chi connectivity index (χ1) is 8.24. The summed E-state index contributed by atoms with van der Waals surface area (Å²) in [4.78, 5) is 3.83. The summed E-state index contributed by atoms with van der Waals surface area (Å²) in [5.74, 6) is 0.641. The van der Waals surface area contributed by atoms with E-state index >= 15 is 0 Å². The summed E-state index contributed by atoms with van der Waals surface area (Å²) >= 11 is 1.92. The molecule has 0 amide bonds. The first-order valence-corrected chi connectivity index (χ1v) is 6.93. The molecule has 0 spiro atoms. The highest BCUT2D eigenvalue weighted by atomic mass is 32.1. The lowest BCUT2D eigenvalue weighted by Gasteiger charge is -2.27. The van der Waals surface area contributed by atoms with Crippen molar-refractivity contribution in [1.29, 1.82) is 0 Å². The quantitative estimate of drug-likeness (QED) is 0.735. The van der Waals surface area contributed by atoms with E-state index in [-0.39, 0.29) is 0 Å². The number of nitrogens with zero attached hydrogens (tertiary/aromatic N) is 1. The van der Waals surface area contributed by atoms with E-state index in [0.717, 1.165) is 6.54 Å². The van der Waals surface area contributed by atoms with Gasteiger partial charge in [0.25, 0.3) is 0 Å². The van der Waals surface area contributed by atoms with Crippen molar-refractivity contribution in [3.8, 4) is 0 Å². The Kier molecular flexibility index (Phi) is 2.77. The fourth-order valence-corrected chi connectivity index (χ4v) is 3.78. The van der Waals surface area contributed by atoms with Crippen molar-refractivity contribution >= 4 is 27.0 Å². The molecule has 0 fully saturated rings. The number of rotatable bonds is 1. The van der Waals surface area contributed by atoms with Crippen molar-refractivity contribution in [2.75, 3.05) is 20.1 Å². The van der Waals surface area contributed by atoms with E-state index in [1.165, 1.54) is 27.1 Å². The van der Waals surface area contributed by atoms with Gasteiger partial charge in [0, 0.05) is 22.7 Å². The van der Waals surface area contributed by atoms with Gasteiger partial charge < -0.3 is 4.90 Å². The standard InChI is InChI=1S/C15H17NS/c1-11-10-16(2)8-7-13(11)15-9-12-5-3-4-6-14(12)17-15/h3-7,9,11H,8,10H2,1-2H3. The van der Waals surface area contributed by atoms with Gasteiger partial charge in [-0.05, 0) is 36.1 Å². The van der Waals surface area contributed by atoms with Gasteiger partial charge >= 0.3 is 0 Å². The third kappa shape index (κ3) is 2.03. The van der Waals surface area contributed by atoms with E-state index in [0.29, 0.717) is 5.92 Å². The normalized spacial score (nSPS) is 21.8. The Hall–Kier alpha value is -1.12. The molecular weight excluding hydrogens is 226 g/mol. The van der Waals surface area contributed by atoms with Crippen LogP contribution in [0, 0.1) is 5.92 Å². The smallest absolute Gasteiger partial charge is 0.0349 e. The number of likely N-dealkylation sites (N-methyl/N-ethyl adjacent to an activating group) is 1. The van der Waals surface area contributed by atoms with Crippen molar-refractivity contribution in [3.05, 3.63) is 41.3 Å². The minimum absolute atomic E-state index is 0.641. The first kappa shape index (κ1) is 11.0. The summed E-state index contributed by atoms with van der Waals surface area (Å²) in [6, 6.07) is 11.0. The van der Waals surface area contributed by atoms with Gasteiger partial charge in [-0.25, -0.2) is 0 Å². The SMILES string of the molecule is CC1CN(C)CC=C1c1cc2ccccc2s1. The van der Waals surface area contributed by atoms with Crippen LogP contribution in [0.25, 0.3) is 15.7 Å². The van der Waals surface area contributed by atoms with Crippen molar-refractivity contribution in [2.45, 2.75) is 6.92 Å². The molecule has 2 heterocycles. The maximum Gasteiger partial charge on any atom is 0.0349 e. The van der Waals surface area contributed by atoms with E-state index in [4.69, 9.17) is 0 Å². The Bertz CT molecular complexity index is 534. The van der Waals surface area contributed by atoms with E-state index in [1.54, 1.807) is 0 Å². The maximum atomic E-state index is 2.39. The number of hydrogen-bond acceptors (Lipinski definition) is 2. The number of fused-ring (bicyclic) bond motifs is 1. The van der Waals surface area contributed by atoms with E-state index in [9.17, 15) is 0 Å². The molecule has 1 aromatic carbocycles. The van der Waals surface area contributed by atoms with Gasteiger partial charge in [-0.2, -0.15) is 0 Å². The van der Waals surface area contributed by atoms with Gasteiger partial charge in [0.2, 0.25) is 0 Å². The molecule has 1 aliphatic heterocycles. The number of hydrogen-bond donors (Lipinski definition) is 0. The topological polar surface area (TPSA) is 3.24 Å². The third-order valence-corrected chi connectivity index (χ3v) is 4.61. The zero-order chi connectivity index (χ0) is 11.8. The van der Waals surface area contributed by atoms with Crippen LogP contribution < -0.4 is 0 Å². The molecule has 17 heavy (non-hydrogen) atoms.